The van der Waals surface area contributed by atoms with Crippen LogP contribution in [0.1, 0.15) is 30.5 Å². The first-order valence-corrected chi connectivity index (χ1v) is 7.25. The van der Waals surface area contributed by atoms with E-state index in [9.17, 15) is 4.39 Å². The Morgan fingerprint density at radius 3 is 2.33 bits per heavy atom. The lowest BCUT2D eigenvalue weighted by Crippen LogP contribution is -2.21. The predicted molar refractivity (Wildman–Crippen MR) is 83.9 cm³/mol. The minimum absolute atomic E-state index is 0.295. The van der Waals surface area contributed by atoms with Gasteiger partial charge in [0.05, 0.1) is 0 Å². The molecule has 2 aromatic carbocycles. The lowest BCUT2D eigenvalue weighted by Gasteiger charge is -2.11. The van der Waals surface area contributed by atoms with E-state index in [-0.39, 0.29) is 5.82 Å². The second-order valence-corrected chi connectivity index (χ2v) is 5.57. The number of nitrogens with one attached hydrogen (secondary N) is 1. The van der Waals surface area contributed by atoms with Gasteiger partial charge in [-0.1, -0.05) is 49.7 Å². The molecule has 2 nitrogen and oxygen atoms in total. The number of benzene rings is 2. The molecule has 0 unspecified atom stereocenters. The third kappa shape index (κ3) is 4.87. The molecule has 2 rings (SSSR count). The van der Waals surface area contributed by atoms with Crippen molar-refractivity contribution in [2.75, 3.05) is 0 Å². The molecule has 112 valence electrons. The Balaban J connectivity index is 1.95. The molecular weight excluding hydrogens is 265 g/mol. The van der Waals surface area contributed by atoms with Crippen LogP contribution >= 0.6 is 0 Å². The minimum atomic E-state index is -0.315. The summed E-state index contributed by atoms with van der Waals surface area (Å²) in [5.74, 6) is -0.0194. The maximum atomic E-state index is 14.0. The first-order chi connectivity index (χ1) is 10.0. The van der Waals surface area contributed by atoms with Crippen LogP contribution in [0.2, 0.25) is 0 Å². The highest BCUT2D eigenvalue weighted by Crippen LogP contribution is 2.20. The Morgan fingerprint density at radius 2 is 1.71 bits per heavy atom. The molecule has 0 radical (unpaired) electrons. The minimum Gasteiger partial charge on any atom is -0.486 e. The summed E-state index contributed by atoms with van der Waals surface area (Å²) in [4.78, 5) is 0. The highest BCUT2D eigenvalue weighted by Gasteiger charge is 2.06. The Hall–Kier alpha value is -1.87. The molecule has 0 fully saturated rings. The van der Waals surface area contributed by atoms with Gasteiger partial charge < -0.3 is 10.1 Å². The largest absolute Gasteiger partial charge is 0.486 e. The molecule has 1 N–H and O–H groups in total. The quantitative estimate of drug-likeness (QED) is 0.859. The maximum absolute atomic E-state index is 14.0. The molecule has 21 heavy (non-hydrogen) atoms. The lowest BCUT2D eigenvalue weighted by molar-refractivity contribution is 0.290. The summed E-state index contributed by atoms with van der Waals surface area (Å²) in [5.41, 5.74) is 3.15. The summed E-state index contributed by atoms with van der Waals surface area (Å²) in [7, 11) is 0. The summed E-state index contributed by atoms with van der Waals surface area (Å²) in [6, 6.07) is 13.5. The fraction of sp³-hybridized carbons (Fsp3) is 0.333. The molecular formula is C18H22FNO. The van der Waals surface area contributed by atoms with Gasteiger partial charge in [0, 0.05) is 12.6 Å². The number of hydrogen-bond acceptors (Lipinski definition) is 2. The van der Waals surface area contributed by atoms with Gasteiger partial charge in [-0.3, -0.25) is 0 Å². The molecule has 0 spiro atoms. The normalized spacial score (nSPS) is 10.9. The van der Waals surface area contributed by atoms with Gasteiger partial charge >= 0.3 is 0 Å². The van der Waals surface area contributed by atoms with Crippen LogP contribution in [-0.2, 0) is 13.2 Å². The van der Waals surface area contributed by atoms with E-state index in [4.69, 9.17) is 4.74 Å². The lowest BCUT2D eigenvalue weighted by atomic mass is 10.1. The predicted octanol–water partition coefficient (Wildman–Crippen LogP) is 4.21. The van der Waals surface area contributed by atoms with Gasteiger partial charge in [0.1, 0.15) is 6.61 Å². The first kappa shape index (κ1) is 15.5. The smallest absolute Gasteiger partial charge is 0.165 e. The Kier molecular flexibility index (Phi) is 5.34. The molecule has 0 atom stereocenters. The number of hydrogen-bond donors (Lipinski definition) is 1. The van der Waals surface area contributed by atoms with Crippen molar-refractivity contribution in [3.05, 3.63) is 65.0 Å². The number of ether oxygens (including phenoxy) is 1. The second kappa shape index (κ2) is 7.23. The van der Waals surface area contributed by atoms with Gasteiger partial charge in [-0.15, -0.1) is 0 Å². The average molecular weight is 287 g/mol. The zero-order chi connectivity index (χ0) is 15.2. The van der Waals surface area contributed by atoms with Crippen molar-refractivity contribution < 1.29 is 9.13 Å². The molecule has 0 aliphatic heterocycles. The van der Waals surface area contributed by atoms with E-state index in [1.165, 1.54) is 11.6 Å². The van der Waals surface area contributed by atoms with Crippen molar-refractivity contribution in [2.45, 2.75) is 40.0 Å². The second-order valence-electron chi connectivity index (χ2n) is 5.57. The number of aryl methyl sites for hydroxylation is 1. The highest BCUT2D eigenvalue weighted by molar-refractivity contribution is 5.30. The van der Waals surface area contributed by atoms with Gasteiger partial charge in [-0.05, 0) is 30.2 Å². The van der Waals surface area contributed by atoms with E-state index < -0.39 is 0 Å². The average Bonchev–Trinajstić information content (AvgIpc) is 2.46. The fourth-order valence-corrected chi connectivity index (χ4v) is 1.94. The maximum Gasteiger partial charge on any atom is 0.165 e. The van der Waals surface area contributed by atoms with Gasteiger partial charge in [-0.25, -0.2) is 4.39 Å². The molecule has 3 heteroatoms. The van der Waals surface area contributed by atoms with Crippen molar-refractivity contribution in [2.24, 2.45) is 0 Å². The van der Waals surface area contributed by atoms with Crippen LogP contribution in [-0.4, -0.2) is 6.04 Å². The molecule has 0 saturated heterocycles. The van der Waals surface area contributed by atoms with Gasteiger partial charge in [0.2, 0.25) is 0 Å². The van der Waals surface area contributed by atoms with Crippen molar-refractivity contribution in [3.8, 4) is 5.75 Å². The summed E-state index contributed by atoms with van der Waals surface area (Å²) in [6.07, 6.45) is 0. The van der Waals surface area contributed by atoms with E-state index >= 15 is 0 Å². The number of rotatable bonds is 6. The molecule has 0 bridgehead atoms. The summed E-state index contributed by atoms with van der Waals surface area (Å²) in [5, 5.41) is 3.26. The molecule has 0 aliphatic carbocycles. The fourth-order valence-electron chi connectivity index (χ4n) is 1.94. The van der Waals surface area contributed by atoms with Crippen molar-refractivity contribution >= 4 is 0 Å². The van der Waals surface area contributed by atoms with Crippen LogP contribution in [0.4, 0.5) is 4.39 Å². The molecule has 0 aromatic heterocycles. The standard InChI is InChI=1S/C18H22FNO/c1-13(2)20-11-16-8-9-18(17(19)10-16)21-12-15-6-4-14(3)5-7-15/h4-10,13,20H,11-12H2,1-3H3. The van der Waals surface area contributed by atoms with Crippen LogP contribution in [0.5, 0.6) is 5.75 Å². The van der Waals surface area contributed by atoms with E-state index in [1.807, 2.05) is 37.3 Å². The first-order valence-electron chi connectivity index (χ1n) is 7.25. The van der Waals surface area contributed by atoms with E-state index in [1.54, 1.807) is 6.07 Å². The molecule has 0 aliphatic rings. The number of halogens is 1. The van der Waals surface area contributed by atoms with Crippen LogP contribution in [0.3, 0.4) is 0 Å². The Bertz CT molecular complexity index is 578. The van der Waals surface area contributed by atoms with E-state index in [2.05, 4.69) is 19.2 Å². The van der Waals surface area contributed by atoms with Crippen molar-refractivity contribution in [1.82, 2.24) is 5.32 Å². The van der Waals surface area contributed by atoms with Crippen LogP contribution in [0, 0.1) is 12.7 Å². The summed E-state index contributed by atoms with van der Waals surface area (Å²) < 4.78 is 19.5. The molecule has 0 heterocycles. The van der Waals surface area contributed by atoms with Gasteiger partial charge in [-0.2, -0.15) is 0 Å². The van der Waals surface area contributed by atoms with Crippen molar-refractivity contribution in [1.29, 1.82) is 0 Å². The van der Waals surface area contributed by atoms with E-state index in [0.29, 0.717) is 24.9 Å². The van der Waals surface area contributed by atoms with Crippen molar-refractivity contribution in [3.63, 3.8) is 0 Å². The SMILES string of the molecule is Cc1ccc(COc2ccc(CNC(C)C)cc2F)cc1. The third-order valence-electron chi connectivity index (χ3n) is 3.23. The van der Waals surface area contributed by atoms with E-state index in [0.717, 1.165) is 11.1 Å². The highest BCUT2D eigenvalue weighted by atomic mass is 19.1. The zero-order valence-corrected chi connectivity index (χ0v) is 12.8. The zero-order valence-electron chi connectivity index (χ0n) is 12.8. The van der Waals surface area contributed by atoms with Crippen LogP contribution in [0.25, 0.3) is 0 Å². The Morgan fingerprint density at radius 1 is 1.05 bits per heavy atom. The topological polar surface area (TPSA) is 21.3 Å². The molecule has 0 amide bonds. The van der Waals surface area contributed by atoms with Crippen LogP contribution in [0.15, 0.2) is 42.5 Å². The molecule has 0 saturated carbocycles. The van der Waals surface area contributed by atoms with Gasteiger partial charge in [0.15, 0.2) is 11.6 Å². The monoisotopic (exact) mass is 287 g/mol. The summed E-state index contributed by atoms with van der Waals surface area (Å²) in [6.45, 7) is 7.20. The summed E-state index contributed by atoms with van der Waals surface area (Å²) >= 11 is 0. The van der Waals surface area contributed by atoms with Crippen LogP contribution < -0.4 is 10.1 Å². The molecule has 2 aromatic rings. The Labute approximate surface area is 126 Å². The van der Waals surface area contributed by atoms with Gasteiger partial charge in [0.25, 0.3) is 0 Å². The third-order valence-corrected chi connectivity index (χ3v) is 3.23.